The molecule has 1 aliphatic heterocycles. The molecule has 1 atom stereocenters. The van der Waals surface area contributed by atoms with Crippen LogP contribution in [0.5, 0.6) is 5.75 Å². The maximum absolute atomic E-state index is 10.9. The number of piperidine rings is 1. The lowest BCUT2D eigenvalue weighted by atomic mass is 9.98. The van der Waals surface area contributed by atoms with Gasteiger partial charge in [0.25, 0.3) is 0 Å². The number of anilines is 1. The van der Waals surface area contributed by atoms with Crippen LogP contribution < -0.4 is 4.90 Å². The average molecular weight is 221 g/mol. The van der Waals surface area contributed by atoms with Crippen molar-refractivity contribution in [3.63, 3.8) is 0 Å². The number of aliphatic carboxylic acids is 1. The Bertz CT molecular complexity index is 374. The number of hydrogen-bond acceptors (Lipinski definition) is 3. The number of phenolic OH excluding ortho intramolecular Hbond substituents is 1. The number of hydrogen-bond donors (Lipinski definition) is 2. The Kier molecular flexibility index (Phi) is 2.99. The summed E-state index contributed by atoms with van der Waals surface area (Å²) in [6.45, 7) is 1.44. The van der Waals surface area contributed by atoms with E-state index in [0.717, 1.165) is 25.1 Å². The smallest absolute Gasteiger partial charge is 0.308 e. The molecule has 1 aliphatic rings. The minimum atomic E-state index is -0.719. The van der Waals surface area contributed by atoms with Gasteiger partial charge in [-0.1, -0.05) is 0 Å². The van der Waals surface area contributed by atoms with E-state index in [4.69, 9.17) is 5.11 Å². The van der Waals surface area contributed by atoms with Gasteiger partial charge in [0.2, 0.25) is 0 Å². The van der Waals surface area contributed by atoms with E-state index in [9.17, 15) is 9.90 Å². The van der Waals surface area contributed by atoms with Crippen LogP contribution in [0, 0.1) is 5.92 Å². The van der Waals surface area contributed by atoms with Crippen LogP contribution in [-0.4, -0.2) is 29.3 Å². The molecule has 2 N–H and O–H groups in total. The zero-order chi connectivity index (χ0) is 11.5. The Hall–Kier alpha value is -1.71. The number of carboxylic acids is 1. The summed E-state index contributed by atoms with van der Waals surface area (Å²) in [6.07, 6.45) is 1.65. The van der Waals surface area contributed by atoms with Crippen molar-refractivity contribution >= 4 is 11.7 Å². The SMILES string of the molecule is O=C(O)C1CCCN(c2ccc(O)cc2)C1. The third kappa shape index (κ3) is 2.27. The van der Waals surface area contributed by atoms with E-state index in [1.807, 2.05) is 12.1 Å². The minimum Gasteiger partial charge on any atom is -0.508 e. The molecule has 0 radical (unpaired) electrons. The second kappa shape index (κ2) is 4.43. The molecule has 0 saturated carbocycles. The lowest BCUT2D eigenvalue weighted by Crippen LogP contribution is -2.38. The number of nitrogens with zero attached hydrogens (tertiary/aromatic N) is 1. The van der Waals surface area contributed by atoms with Gasteiger partial charge < -0.3 is 15.1 Å². The van der Waals surface area contributed by atoms with Crippen molar-refractivity contribution in [1.29, 1.82) is 0 Å². The fourth-order valence-corrected chi connectivity index (χ4v) is 2.08. The predicted octanol–water partition coefficient (Wildman–Crippen LogP) is 1.69. The van der Waals surface area contributed by atoms with Crippen molar-refractivity contribution < 1.29 is 15.0 Å². The Morgan fingerprint density at radius 1 is 1.31 bits per heavy atom. The molecular weight excluding hydrogens is 206 g/mol. The highest BCUT2D eigenvalue weighted by Gasteiger charge is 2.25. The van der Waals surface area contributed by atoms with Gasteiger partial charge in [0.1, 0.15) is 5.75 Å². The topological polar surface area (TPSA) is 60.8 Å². The highest BCUT2D eigenvalue weighted by atomic mass is 16.4. The van der Waals surface area contributed by atoms with Gasteiger partial charge in [-0.2, -0.15) is 0 Å². The molecule has 1 aromatic rings. The Morgan fingerprint density at radius 2 is 2.00 bits per heavy atom. The molecule has 4 heteroatoms. The summed E-state index contributed by atoms with van der Waals surface area (Å²) in [6, 6.07) is 6.89. The van der Waals surface area contributed by atoms with Crippen LogP contribution in [-0.2, 0) is 4.79 Å². The van der Waals surface area contributed by atoms with Crippen molar-refractivity contribution in [3.8, 4) is 5.75 Å². The first-order chi connectivity index (χ1) is 7.66. The Morgan fingerprint density at radius 3 is 2.62 bits per heavy atom. The highest BCUT2D eigenvalue weighted by molar-refractivity contribution is 5.71. The van der Waals surface area contributed by atoms with Gasteiger partial charge in [-0.25, -0.2) is 0 Å². The zero-order valence-corrected chi connectivity index (χ0v) is 8.97. The molecule has 0 spiro atoms. The molecule has 0 amide bonds. The molecule has 1 saturated heterocycles. The van der Waals surface area contributed by atoms with Crippen LogP contribution in [0.1, 0.15) is 12.8 Å². The summed E-state index contributed by atoms with van der Waals surface area (Å²) in [4.78, 5) is 13.0. The molecule has 1 fully saturated rings. The summed E-state index contributed by atoms with van der Waals surface area (Å²) in [5.41, 5.74) is 0.976. The van der Waals surface area contributed by atoms with Crippen LogP contribution in [0.3, 0.4) is 0 Å². The van der Waals surface area contributed by atoms with Crippen LogP contribution in [0.4, 0.5) is 5.69 Å². The van der Waals surface area contributed by atoms with Crippen molar-refractivity contribution in [1.82, 2.24) is 0 Å². The molecule has 86 valence electrons. The van der Waals surface area contributed by atoms with Crippen molar-refractivity contribution in [2.75, 3.05) is 18.0 Å². The zero-order valence-electron chi connectivity index (χ0n) is 8.97. The van der Waals surface area contributed by atoms with E-state index < -0.39 is 5.97 Å². The maximum Gasteiger partial charge on any atom is 0.308 e. The van der Waals surface area contributed by atoms with Gasteiger partial charge in [0.15, 0.2) is 0 Å². The number of phenols is 1. The van der Waals surface area contributed by atoms with Gasteiger partial charge in [-0.3, -0.25) is 4.79 Å². The molecule has 2 rings (SSSR count). The molecule has 1 unspecified atom stereocenters. The predicted molar refractivity (Wildman–Crippen MR) is 60.7 cm³/mol. The van der Waals surface area contributed by atoms with Gasteiger partial charge in [-0.15, -0.1) is 0 Å². The number of aromatic hydroxyl groups is 1. The summed E-state index contributed by atoms with van der Waals surface area (Å²) in [7, 11) is 0. The van der Waals surface area contributed by atoms with E-state index in [1.54, 1.807) is 12.1 Å². The number of benzene rings is 1. The average Bonchev–Trinajstić information content (AvgIpc) is 2.30. The van der Waals surface area contributed by atoms with Crippen LogP contribution in [0.25, 0.3) is 0 Å². The summed E-state index contributed by atoms with van der Waals surface area (Å²) in [5.74, 6) is -0.762. The monoisotopic (exact) mass is 221 g/mol. The second-order valence-corrected chi connectivity index (χ2v) is 4.14. The van der Waals surface area contributed by atoms with Crippen molar-refractivity contribution in [2.45, 2.75) is 12.8 Å². The maximum atomic E-state index is 10.9. The molecule has 1 aromatic carbocycles. The first kappa shape index (κ1) is 10.8. The first-order valence-corrected chi connectivity index (χ1v) is 5.43. The fourth-order valence-electron chi connectivity index (χ4n) is 2.08. The van der Waals surface area contributed by atoms with Crippen molar-refractivity contribution in [2.24, 2.45) is 5.92 Å². The Balaban J connectivity index is 2.09. The van der Waals surface area contributed by atoms with E-state index >= 15 is 0 Å². The third-order valence-electron chi connectivity index (χ3n) is 2.99. The van der Waals surface area contributed by atoms with Crippen LogP contribution >= 0.6 is 0 Å². The highest BCUT2D eigenvalue weighted by Crippen LogP contribution is 2.24. The molecule has 4 nitrogen and oxygen atoms in total. The largest absolute Gasteiger partial charge is 0.508 e. The van der Waals surface area contributed by atoms with Crippen molar-refractivity contribution in [3.05, 3.63) is 24.3 Å². The van der Waals surface area contributed by atoms with Gasteiger partial charge in [-0.05, 0) is 37.1 Å². The summed E-state index contributed by atoms with van der Waals surface area (Å²) >= 11 is 0. The quantitative estimate of drug-likeness (QED) is 0.797. The molecular formula is C12H15NO3. The summed E-state index contributed by atoms with van der Waals surface area (Å²) < 4.78 is 0. The minimum absolute atomic E-state index is 0.232. The van der Waals surface area contributed by atoms with Crippen LogP contribution in [0.15, 0.2) is 24.3 Å². The van der Waals surface area contributed by atoms with Gasteiger partial charge in [0, 0.05) is 18.8 Å². The van der Waals surface area contributed by atoms with Gasteiger partial charge in [0.05, 0.1) is 5.92 Å². The number of carboxylic acid groups (broad SMARTS) is 1. The number of rotatable bonds is 2. The molecule has 1 heterocycles. The van der Waals surface area contributed by atoms with E-state index in [0.29, 0.717) is 6.54 Å². The molecule has 0 aromatic heterocycles. The van der Waals surface area contributed by atoms with Crippen LogP contribution in [0.2, 0.25) is 0 Å². The summed E-state index contributed by atoms with van der Waals surface area (Å²) in [5, 5.41) is 18.2. The van der Waals surface area contributed by atoms with E-state index in [1.165, 1.54) is 0 Å². The first-order valence-electron chi connectivity index (χ1n) is 5.43. The number of carbonyl (C=O) groups is 1. The van der Waals surface area contributed by atoms with E-state index in [2.05, 4.69) is 4.90 Å². The normalized spacial score (nSPS) is 20.8. The molecule has 16 heavy (non-hydrogen) atoms. The lowest BCUT2D eigenvalue weighted by molar-refractivity contribution is -0.141. The lowest BCUT2D eigenvalue weighted by Gasteiger charge is -2.32. The molecule has 0 bridgehead atoms. The Labute approximate surface area is 94.1 Å². The standard InChI is InChI=1S/C12H15NO3/c14-11-5-3-10(4-6-11)13-7-1-2-9(8-13)12(15)16/h3-6,9,14H,1-2,7-8H2,(H,15,16). The fraction of sp³-hybridized carbons (Fsp3) is 0.417. The van der Waals surface area contributed by atoms with E-state index in [-0.39, 0.29) is 11.7 Å². The second-order valence-electron chi connectivity index (χ2n) is 4.14. The van der Waals surface area contributed by atoms with Gasteiger partial charge >= 0.3 is 5.97 Å². The molecule has 0 aliphatic carbocycles. The third-order valence-corrected chi connectivity index (χ3v) is 2.99.